The van der Waals surface area contributed by atoms with Gasteiger partial charge in [-0.05, 0) is 30.5 Å². The lowest BCUT2D eigenvalue weighted by molar-refractivity contribution is -0.133. The standard InChI is InChI=1S/C15H13ClO5S/c16-14-8-6-7-22(20,21)12(8)5-4-9(14)15(19)13-10(17)2-1-3-11(13)18/h4-5,13H,1-3,6-7H2. The molecule has 7 heteroatoms. The summed E-state index contributed by atoms with van der Waals surface area (Å²) in [5, 5.41) is 0.0507. The van der Waals surface area contributed by atoms with Crippen molar-refractivity contribution in [3.05, 3.63) is 28.3 Å². The van der Waals surface area contributed by atoms with E-state index < -0.39 is 21.5 Å². The summed E-state index contributed by atoms with van der Waals surface area (Å²) in [6.45, 7) is 0. The van der Waals surface area contributed by atoms with Gasteiger partial charge in [0.2, 0.25) is 0 Å². The van der Waals surface area contributed by atoms with Crippen molar-refractivity contribution in [2.75, 3.05) is 5.75 Å². The van der Waals surface area contributed by atoms with Crippen LogP contribution in [0.25, 0.3) is 0 Å². The molecule has 0 spiro atoms. The van der Waals surface area contributed by atoms with Crippen LogP contribution < -0.4 is 0 Å². The van der Waals surface area contributed by atoms with Crippen molar-refractivity contribution < 1.29 is 22.8 Å². The van der Waals surface area contributed by atoms with E-state index in [0.29, 0.717) is 12.0 Å². The molecule has 1 aliphatic heterocycles. The second-order valence-electron chi connectivity index (χ2n) is 5.56. The molecule has 1 fully saturated rings. The fourth-order valence-corrected chi connectivity index (χ4v) is 4.97. The highest BCUT2D eigenvalue weighted by molar-refractivity contribution is 7.91. The van der Waals surface area contributed by atoms with E-state index in [1.54, 1.807) is 0 Å². The third-order valence-electron chi connectivity index (χ3n) is 4.17. The first-order chi connectivity index (χ1) is 10.3. The molecule has 1 aliphatic carbocycles. The molecule has 0 unspecified atom stereocenters. The fourth-order valence-electron chi connectivity index (χ4n) is 3.02. The van der Waals surface area contributed by atoms with Gasteiger partial charge in [-0.15, -0.1) is 0 Å². The van der Waals surface area contributed by atoms with E-state index in [1.165, 1.54) is 12.1 Å². The molecule has 1 heterocycles. The molecule has 1 aromatic carbocycles. The van der Waals surface area contributed by atoms with Crippen molar-refractivity contribution in [2.45, 2.75) is 30.6 Å². The van der Waals surface area contributed by atoms with Gasteiger partial charge in [0.25, 0.3) is 0 Å². The highest BCUT2D eigenvalue weighted by atomic mass is 35.5. The predicted octanol–water partition coefficient (Wildman–Crippen LogP) is 1.79. The van der Waals surface area contributed by atoms with E-state index in [9.17, 15) is 22.8 Å². The molecule has 116 valence electrons. The van der Waals surface area contributed by atoms with Crippen molar-refractivity contribution in [3.63, 3.8) is 0 Å². The van der Waals surface area contributed by atoms with Crippen molar-refractivity contribution in [2.24, 2.45) is 5.92 Å². The van der Waals surface area contributed by atoms with Gasteiger partial charge in [0.15, 0.2) is 27.2 Å². The number of sulfone groups is 1. The molecule has 0 amide bonds. The highest BCUT2D eigenvalue weighted by Gasteiger charge is 2.38. The lowest BCUT2D eigenvalue weighted by Crippen LogP contribution is -2.35. The van der Waals surface area contributed by atoms with Crippen LogP contribution in [0.2, 0.25) is 5.02 Å². The maximum absolute atomic E-state index is 12.5. The monoisotopic (exact) mass is 340 g/mol. The van der Waals surface area contributed by atoms with Crippen LogP contribution in [0.15, 0.2) is 17.0 Å². The van der Waals surface area contributed by atoms with Crippen LogP contribution in [0, 0.1) is 5.92 Å². The van der Waals surface area contributed by atoms with Crippen molar-refractivity contribution >= 4 is 38.8 Å². The van der Waals surface area contributed by atoms with Crippen LogP contribution >= 0.6 is 11.6 Å². The van der Waals surface area contributed by atoms with Gasteiger partial charge < -0.3 is 0 Å². The summed E-state index contributed by atoms with van der Waals surface area (Å²) in [5.74, 6) is -2.72. The molecule has 0 N–H and O–H groups in total. The number of fused-ring (bicyclic) bond motifs is 1. The number of rotatable bonds is 2. The molecule has 0 bridgehead atoms. The maximum atomic E-state index is 12.5. The molecule has 0 aromatic heterocycles. The number of hydrogen-bond donors (Lipinski definition) is 0. The van der Waals surface area contributed by atoms with Crippen molar-refractivity contribution in [1.82, 2.24) is 0 Å². The van der Waals surface area contributed by atoms with Crippen LogP contribution in [0.1, 0.15) is 35.2 Å². The summed E-state index contributed by atoms with van der Waals surface area (Å²) < 4.78 is 23.7. The molecule has 1 saturated carbocycles. The minimum absolute atomic E-state index is 0.0407. The molecule has 3 rings (SSSR count). The average molecular weight is 341 g/mol. The first-order valence-electron chi connectivity index (χ1n) is 6.96. The SMILES string of the molecule is O=C1CCCC(=O)C1C(=O)c1ccc2c(c1Cl)CCS2(=O)=O. The Hall–Kier alpha value is -1.53. The molecule has 5 nitrogen and oxygen atoms in total. The van der Waals surface area contributed by atoms with E-state index in [-0.39, 0.29) is 52.1 Å². The Morgan fingerprint density at radius 2 is 1.73 bits per heavy atom. The second-order valence-corrected chi connectivity index (χ2v) is 8.01. The highest BCUT2D eigenvalue weighted by Crippen LogP contribution is 2.35. The van der Waals surface area contributed by atoms with E-state index in [2.05, 4.69) is 0 Å². The Morgan fingerprint density at radius 3 is 2.36 bits per heavy atom. The molecule has 22 heavy (non-hydrogen) atoms. The summed E-state index contributed by atoms with van der Waals surface area (Å²) in [5.41, 5.74) is 0.467. The van der Waals surface area contributed by atoms with Crippen LogP contribution in [0.5, 0.6) is 0 Å². The third kappa shape index (κ3) is 2.30. The third-order valence-corrected chi connectivity index (χ3v) is 6.40. The molecule has 2 aliphatic rings. The number of hydrogen-bond acceptors (Lipinski definition) is 5. The zero-order chi connectivity index (χ0) is 16.1. The van der Waals surface area contributed by atoms with Gasteiger partial charge in [-0.2, -0.15) is 0 Å². The first kappa shape index (κ1) is 15.4. The average Bonchev–Trinajstić information content (AvgIpc) is 2.75. The van der Waals surface area contributed by atoms with Gasteiger partial charge in [-0.3, -0.25) is 14.4 Å². The zero-order valence-electron chi connectivity index (χ0n) is 11.6. The van der Waals surface area contributed by atoms with E-state index in [0.717, 1.165) is 0 Å². The lowest BCUT2D eigenvalue weighted by Gasteiger charge is -2.19. The minimum atomic E-state index is -3.35. The summed E-state index contributed by atoms with van der Waals surface area (Å²) in [6.07, 6.45) is 1.12. The summed E-state index contributed by atoms with van der Waals surface area (Å²) in [7, 11) is -3.35. The first-order valence-corrected chi connectivity index (χ1v) is 9.00. The van der Waals surface area contributed by atoms with E-state index in [4.69, 9.17) is 11.6 Å². The summed E-state index contributed by atoms with van der Waals surface area (Å²) in [4.78, 5) is 36.4. The van der Waals surface area contributed by atoms with Crippen molar-refractivity contribution in [3.8, 4) is 0 Å². The largest absolute Gasteiger partial charge is 0.298 e. The Kier molecular flexibility index (Phi) is 3.69. The number of benzene rings is 1. The van der Waals surface area contributed by atoms with Gasteiger partial charge in [0.1, 0.15) is 5.92 Å². The molecule has 0 atom stereocenters. The smallest absolute Gasteiger partial charge is 0.182 e. The molecule has 0 saturated heterocycles. The summed E-state index contributed by atoms with van der Waals surface area (Å²) in [6, 6.07) is 2.65. The topological polar surface area (TPSA) is 85.3 Å². The summed E-state index contributed by atoms with van der Waals surface area (Å²) >= 11 is 6.18. The van der Waals surface area contributed by atoms with Crippen LogP contribution in [-0.4, -0.2) is 31.5 Å². The Labute approximate surface area is 132 Å². The molecular formula is C15H13ClO5S. The van der Waals surface area contributed by atoms with Crippen LogP contribution in [-0.2, 0) is 25.8 Å². The van der Waals surface area contributed by atoms with E-state index >= 15 is 0 Å². The number of halogens is 1. The van der Waals surface area contributed by atoms with Gasteiger partial charge in [-0.25, -0.2) is 8.42 Å². The van der Waals surface area contributed by atoms with Crippen LogP contribution in [0.3, 0.4) is 0 Å². The maximum Gasteiger partial charge on any atom is 0.182 e. The Balaban J connectivity index is 2.05. The second kappa shape index (κ2) is 5.28. The van der Waals surface area contributed by atoms with Gasteiger partial charge >= 0.3 is 0 Å². The number of carbonyl (C=O) groups is 3. The predicted molar refractivity (Wildman–Crippen MR) is 78.9 cm³/mol. The normalized spacial score (nSPS) is 21.0. The fraction of sp³-hybridized carbons (Fsp3) is 0.400. The Morgan fingerprint density at radius 1 is 1.09 bits per heavy atom. The van der Waals surface area contributed by atoms with Gasteiger partial charge in [0, 0.05) is 18.4 Å². The lowest BCUT2D eigenvalue weighted by atomic mass is 9.81. The molecular weight excluding hydrogens is 328 g/mol. The van der Waals surface area contributed by atoms with Crippen molar-refractivity contribution in [1.29, 1.82) is 0 Å². The van der Waals surface area contributed by atoms with E-state index in [1.807, 2.05) is 0 Å². The van der Waals surface area contributed by atoms with Gasteiger partial charge in [-0.1, -0.05) is 11.6 Å². The molecule has 0 radical (unpaired) electrons. The number of Topliss-reactive ketones (excluding diaryl/α,β-unsaturated/α-hetero) is 3. The van der Waals surface area contributed by atoms with Gasteiger partial charge in [0.05, 0.1) is 15.7 Å². The zero-order valence-corrected chi connectivity index (χ0v) is 13.2. The number of ketones is 3. The van der Waals surface area contributed by atoms with Crippen LogP contribution in [0.4, 0.5) is 0 Å². The minimum Gasteiger partial charge on any atom is -0.298 e. The number of carbonyl (C=O) groups excluding carboxylic acids is 3. The Bertz CT molecular complexity index is 793. The quantitative estimate of drug-likeness (QED) is 0.605. The molecule has 1 aromatic rings.